The minimum absolute atomic E-state index is 0.477. The summed E-state index contributed by atoms with van der Waals surface area (Å²) in [5.41, 5.74) is 1.02. The highest BCUT2D eigenvalue weighted by Crippen LogP contribution is 2.28. The molecule has 0 atom stereocenters. The quantitative estimate of drug-likeness (QED) is 0.580. The predicted octanol–water partition coefficient (Wildman–Crippen LogP) is 2.48. The number of terminal acetylenes is 1. The van der Waals surface area contributed by atoms with Crippen molar-refractivity contribution in [2.75, 3.05) is 26.9 Å². The first kappa shape index (κ1) is 14.8. The predicted molar refractivity (Wildman–Crippen MR) is 74.0 cm³/mol. The van der Waals surface area contributed by atoms with Crippen molar-refractivity contribution in [1.29, 1.82) is 0 Å². The zero-order valence-electron chi connectivity index (χ0n) is 10.5. The van der Waals surface area contributed by atoms with Crippen molar-refractivity contribution in [2.45, 2.75) is 13.0 Å². The van der Waals surface area contributed by atoms with Gasteiger partial charge in [-0.1, -0.05) is 23.7 Å². The monoisotopic (exact) mass is 267 g/mol. The molecule has 1 rings (SSSR count). The van der Waals surface area contributed by atoms with Crippen LogP contribution in [0.5, 0.6) is 5.75 Å². The van der Waals surface area contributed by atoms with Gasteiger partial charge >= 0.3 is 0 Å². The van der Waals surface area contributed by atoms with Crippen LogP contribution in [0.1, 0.15) is 12.0 Å². The lowest BCUT2D eigenvalue weighted by Gasteiger charge is -2.13. The van der Waals surface area contributed by atoms with E-state index >= 15 is 0 Å². The van der Waals surface area contributed by atoms with Crippen molar-refractivity contribution in [3.8, 4) is 18.1 Å². The Kier molecular flexibility index (Phi) is 7.28. The molecule has 0 bridgehead atoms. The van der Waals surface area contributed by atoms with Crippen LogP contribution in [0, 0.1) is 12.3 Å². The molecule has 0 fully saturated rings. The standard InChI is InChI=1S/C14H18ClNO2/c1-3-4-9-18-14-12(6-5-7-13(14)15)11-16-8-10-17-2/h1,5-7,16H,4,8-11H2,2H3. The first-order chi connectivity index (χ1) is 8.79. The summed E-state index contributed by atoms with van der Waals surface area (Å²) in [6.45, 7) is 2.63. The first-order valence-corrected chi connectivity index (χ1v) is 6.20. The third kappa shape index (κ3) is 4.97. The van der Waals surface area contributed by atoms with E-state index in [1.165, 1.54) is 0 Å². The topological polar surface area (TPSA) is 30.5 Å². The molecular weight excluding hydrogens is 250 g/mol. The van der Waals surface area contributed by atoms with E-state index in [1.54, 1.807) is 7.11 Å². The maximum Gasteiger partial charge on any atom is 0.142 e. The molecular formula is C14H18ClNO2. The molecule has 0 saturated carbocycles. The lowest BCUT2D eigenvalue weighted by molar-refractivity contribution is 0.199. The lowest BCUT2D eigenvalue weighted by Crippen LogP contribution is -2.19. The zero-order valence-corrected chi connectivity index (χ0v) is 11.3. The molecule has 0 heterocycles. The minimum Gasteiger partial charge on any atom is -0.491 e. The van der Waals surface area contributed by atoms with Gasteiger partial charge in [0.2, 0.25) is 0 Å². The molecule has 0 aliphatic heterocycles. The van der Waals surface area contributed by atoms with E-state index in [2.05, 4.69) is 11.2 Å². The highest BCUT2D eigenvalue weighted by molar-refractivity contribution is 6.32. The Morgan fingerprint density at radius 1 is 1.39 bits per heavy atom. The van der Waals surface area contributed by atoms with Gasteiger partial charge < -0.3 is 14.8 Å². The fourth-order valence-electron chi connectivity index (χ4n) is 1.46. The average Bonchev–Trinajstić information content (AvgIpc) is 2.37. The Bertz CT molecular complexity index is 401. The Labute approximate surface area is 113 Å². The number of hydrogen-bond donors (Lipinski definition) is 1. The number of nitrogens with one attached hydrogen (secondary N) is 1. The van der Waals surface area contributed by atoms with Crippen LogP contribution < -0.4 is 10.1 Å². The molecule has 0 unspecified atom stereocenters. The number of para-hydroxylation sites is 1. The minimum atomic E-state index is 0.477. The second-order valence-corrected chi connectivity index (χ2v) is 4.11. The number of hydrogen-bond acceptors (Lipinski definition) is 3. The van der Waals surface area contributed by atoms with Crippen LogP contribution >= 0.6 is 11.6 Å². The fourth-order valence-corrected chi connectivity index (χ4v) is 1.71. The highest BCUT2D eigenvalue weighted by Gasteiger charge is 2.07. The molecule has 1 aromatic rings. The first-order valence-electron chi connectivity index (χ1n) is 5.83. The molecule has 1 aromatic carbocycles. The summed E-state index contributed by atoms with van der Waals surface area (Å²) in [7, 11) is 1.68. The van der Waals surface area contributed by atoms with Gasteiger partial charge in [-0.25, -0.2) is 0 Å². The zero-order chi connectivity index (χ0) is 13.2. The van der Waals surface area contributed by atoms with Crippen molar-refractivity contribution in [1.82, 2.24) is 5.32 Å². The van der Waals surface area contributed by atoms with Gasteiger partial charge in [0, 0.05) is 32.2 Å². The average molecular weight is 268 g/mol. The Morgan fingerprint density at radius 3 is 2.94 bits per heavy atom. The van der Waals surface area contributed by atoms with Crippen LogP contribution in [0.3, 0.4) is 0 Å². The van der Waals surface area contributed by atoms with Crippen LogP contribution in [0.15, 0.2) is 18.2 Å². The molecule has 0 radical (unpaired) electrons. The second-order valence-electron chi connectivity index (χ2n) is 3.70. The third-order valence-electron chi connectivity index (χ3n) is 2.34. The van der Waals surface area contributed by atoms with Gasteiger partial charge in [0.1, 0.15) is 5.75 Å². The Balaban J connectivity index is 2.59. The van der Waals surface area contributed by atoms with Crippen molar-refractivity contribution >= 4 is 11.6 Å². The number of ether oxygens (including phenoxy) is 2. The van der Waals surface area contributed by atoms with Crippen LogP contribution in [0.25, 0.3) is 0 Å². The molecule has 0 aromatic heterocycles. The summed E-state index contributed by atoms with van der Waals surface area (Å²) < 4.78 is 10.6. The van der Waals surface area contributed by atoms with Gasteiger partial charge in [-0.3, -0.25) is 0 Å². The van der Waals surface area contributed by atoms with Gasteiger partial charge in [-0.15, -0.1) is 12.3 Å². The maximum absolute atomic E-state index is 6.12. The van der Waals surface area contributed by atoms with Crippen LogP contribution in [0.2, 0.25) is 5.02 Å². The molecule has 98 valence electrons. The highest BCUT2D eigenvalue weighted by atomic mass is 35.5. The van der Waals surface area contributed by atoms with Gasteiger partial charge in [0.25, 0.3) is 0 Å². The van der Waals surface area contributed by atoms with Gasteiger partial charge in [-0.05, 0) is 6.07 Å². The SMILES string of the molecule is C#CCCOc1c(Cl)cccc1CNCCOC. The Hall–Kier alpha value is -1.21. The molecule has 0 spiro atoms. The molecule has 0 aliphatic carbocycles. The smallest absolute Gasteiger partial charge is 0.142 e. The van der Waals surface area contributed by atoms with Crippen LogP contribution in [-0.2, 0) is 11.3 Å². The molecule has 3 nitrogen and oxygen atoms in total. The summed E-state index contributed by atoms with van der Waals surface area (Å²) in [4.78, 5) is 0. The summed E-state index contributed by atoms with van der Waals surface area (Å²) >= 11 is 6.12. The van der Waals surface area contributed by atoms with E-state index < -0.39 is 0 Å². The van der Waals surface area contributed by atoms with Crippen molar-refractivity contribution in [3.05, 3.63) is 28.8 Å². The largest absolute Gasteiger partial charge is 0.491 e. The van der Waals surface area contributed by atoms with Crippen LogP contribution in [0.4, 0.5) is 0 Å². The normalized spacial score (nSPS) is 10.1. The van der Waals surface area contributed by atoms with Gasteiger partial charge in [0.05, 0.1) is 18.2 Å². The molecule has 18 heavy (non-hydrogen) atoms. The van der Waals surface area contributed by atoms with Crippen molar-refractivity contribution in [2.24, 2.45) is 0 Å². The van der Waals surface area contributed by atoms with E-state index in [-0.39, 0.29) is 0 Å². The second kappa shape index (κ2) is 8.82. The number of rotatable bonds is 8. The number of methoxy groups -OCH3 is 1. The van der Waals surface area contributed by atoms with Gasteiger partial charge in [-0.2, -0.15) is 0 Å². The van der Waals surface area contributed by atoms with E-state index in [0.29, 0.717) is 37.0 Å². The molecule has 4 heteroatoms. The summed E-state index contributed by atoms with van der Waals surface area (Å²) in [6.07, 6.45) is 5.76. The summed E-state index contributed by atoms with van der Waals surface area (Å²) in [5, 5.41) is 3.87. The fraction of sp³-hybridized carbons (Fsp3) is 0.429. The molecule has 0 aliphatic rings. The lowest BCUT2D eigenvalue weighted by atomic mass is 10.2. The van der Waals surface area contributed by atoms with E-state index in [0.717, 1.165) is 12.1 Å². The van der Waals surface area contributed by atoms with E-state index in [1.807, 2.05) is 18.2 Å². The van der Waals surface area contributed by atoms with Crippen LogP contribution in [-0.4, -0.2) is 26.9 Å². The molecule has 0 amide bonds. The van der Waals surface area contributed by atoms with Gasteiger partial charge in [0.15, 0.2) is 0 Å². The number of halogens is 1. The third-order valence-corrected chi connectivity index (χ3v) is 2.64. The molecule has 0 saturated heterocycles. The Morgan fingerprint density at radius 2 is 2.22 bits per heavy atom. The maximum atomic E-state index is 6.12. The molecule has 1 N–H and O–H groups in total. The summed E-state index contributed by atoms with van der Waals surface area (Å²) in [5.74, 6) is 3.24. The van der Waals surface area contributed by atoms with Crippen molar-refractivity contribution < 1.29 is 9.47 Å². The summed E-state index contributed by atoms with van der Waals surface area (Å²) in [6, 6.07) is 5.70. The number of benzene rings is 1. The van der Waals surface area contributed by atoms with Crippen molar-refractivity contribution in [3.63, 3.8) is 0 Å². The van der Waals surface area contributed by atoms with E-state index in [4.69, 9.17) is 27.5 Å². The van der Waals surface area contributed by atoms with E-state index in [9.17, 15) is 0 Å².